The molecular weight excluding hydrogens is 498 g/mol. The normalized spacial score (nSPS) is 20.4. The molecular formula is C28H37N7O2S. The summed E-state index contributed by atoms with van der Waals surface area (Å²) >= 11 is 0. The molecule has 10 heteroatoms. The summed E-state index contributed by atoms with van der Waals surface area (Å²) in [4.78, 5) is 31.2. The summed E-state index contributed by atoms with van der Waals surface area (Å²) in [5.74, 6) is 1.35. The summed E-state index contributed by atoms with van der Waals surface area (Å²) in [6.45, 7) is 6.43. The number of piperazine rings is 1. The zero-order chi connectivity index (χ0) is 25.0. The molecule has 3 aromatic rings. The van der Waals surface area contributed by atoms with Crippen molar-refractivity contribution >= 4 is 41.9 Å². The summed E-state index contributed by atoms with van der Waals surface area (Å²) in [6.07, 6.45) is 8.04. The quantitative estimate of drug-likeness (QED) is 0.497. The van der Waals surface area contributed by atoms with Crippen LogP contribution in [-0.2, 0) is 9.53 Å². The van der Waals surface area contributed by atoms with Crippen molar-refractivity contribution in [2.45, 2.75) is 31.8 Å². The van der Waals surface area contributed by atoms with E-state index in [2.05, 4.69) is 54.7 Å². The zero-order valence-corrected chi connectivity index (χ0v) is 22.7. The van der Waals surface area contributed by atoms with E-state index in [0.717, 1.165) is 86.8 Å². The number of morpholine rings is 1. The fourth-order valence-electron chi connectivity index (χ4n) is 5.66. The first-order valence-electron chi connectivity index (χ1n) is 13.6. The number of aromatic nitrogens is 3. The van der Waals surface area contributed by atoms with Crippen LogP contribution in [-0.4, -0.2) is 84.3 Å². The highest BCUT2D eigenvalue weighted by atomic mass is 32.1. The van der Waals surface area contributed by atoms with Crippen LogP contribution in [0.3, 0.4) is 0 Å². The van der Waals surface area contributed by atoms with Crippen molar-refractivity contribution in [1.82, 2.24) is 25.2 Å². The molecule has 0 unspecified atom stereocenters. The number of benzene rings is 1. The Balaban J connectivity index is 0.00000294. The number of nitrogens with one attached hydrogen (secondary N) is 2. The first-order valence-corrected chi connectivity index (χ1v) is 13.6. The number of hydrogen-bond acceptors (Lipinski definition) is 8. The lowest BCUT2D eigenvalue weighted by Gasteiger charge is -2.37. The highest BCUT2D eigenvalue weighted by Crippen LogP contribution is 2.29. The molecule has 0 radical (unpaired) electrons. The standard InChI is InChI=1S/C28H35N7O2.H2S/c36-28(21-3-1-2-4-21)35-14-12-34(13-15-35)22-7-5-20(6-8-22)24-17-25-26(31-10-9-30-25)27(33-24)32-19-23-18-29-11-16-37-23;/h5-10,17,21,23,29H,1-4,11-16,18-19H2,(H,32,33);1H2/t23-;/m0./s1. The van der Waals surface area contributed by atoms with Crippen molar-refractivity contribution in [2.75, 3.05) is 62.6 Å². The minimum atomic E-state index is 0. The van der Waals surface area contributed by atoms with Gasteiger partial charge in [-0.05, 0) is 31.0 Å². The molecule has 4 heterocycles. The molecule has 0 spiro atoms. The van der Waals surface area contributed by atoms with E-state index in [1.165, 1.54) is 18.5 Å². The molecule has 1 aromatic carbocycles. The minimum Gasteiger partial charge on any atom is -0.374 e. The average Bonchev–Trinajstić information content (AvgIpc) is 3.51. The third kappa shape index (κ3) is 5.87. The lowest BCUT2D eigenvalue weighted by Crippen LogP contribution is -2.50. The highest BCUT2D eigenvalue weighted by molar-refractivity contribution is 7.59. The SMILES string of the molecule is O=C(C1CCCC1)N1CCN(c2ccc(-c3cc4nccnc4c(NC[C@@H]4CNCCO4)n3)cc2)CC1.S. The summed E-state index contributed by atoms with van der Waals surface area (Å²) in [5.41, 5.74) is 4.64. The number of pyridine rings is 1. The Bertz CT molecular complexity index is 1220. The number of amides is 1. The maximum atomic E-state index is 12.8. The van der Waals surface area contributed by atoms with Crippen LogP contribution in [0.2, 0.25) is 0 Å². The fraction of sp³-hybridized carbons (Fsp3) is 0.500. The van der Waals surface area contributed by atoms with E-state index in [0.29, 0.717) is 12.5 Å². The van der Waals surface area contributed by atoms with E-state index >= 15 is 0 Å². The van der Waals surface area contributed by atoms with Crippen molar-refractivity contribution in [3.05, 3.63) is 42.7 Å². The van der Waals surface area contributed by atoms with Crippen LogP contribution in [0.4, 0.5) is 11.5 Å². The van der Waals surface area contributed by atoms with Crippen LogP contribution in [0.15, 0.2) is 42.7 Å². The van der Waals surface area contributed by atoms with Gasteiger partial charge >= 0.3 is 0 Å². The first-order chi connectivity index (χ1) is 18.2. The van der Waals surface area contributed by atoms with Gasteiger partial charge in [0.25, 0.3) is 0 Å². The molecule has 2 saturated heterocycles. The van der Waals surface area contributed by atoms with Gasteiger partial charge in [-0.1, -0.05) is 25.0 Å². The molecule has 3 aliphatic rings. The number of nitrogens with zero attached hydrogens (tertiary/aromatic N) is 5. The summed E-state index contributed by atoms with van der Waals surface area (Å²) < 4.78 is 5.83. The summed E-state index contributed by atoms with van der Waals surface area (Å²) in [5, 5.41) is 6.81. The smallest absolute Gasteiger partial charge is 0.225 e. The third-order valence-corrected chi connectivity index (χ3v) is 7.78. The van der Waals surface area contributed by atoms with Crippen molar-refractivity contribution in [3.8, 4) is 11.3 Å². The molecule has 2 N–H and O–H groups in total. The second kappa shape index (κ2) is 12.3. The summed E-state index contributed by atoms with van der Waals surface area (Å²) in [7, 11) is 0. The number of anilines is 2. The van der Waals surface area contributed by atoms with Crippen molar-refractivity contribution in [2.24, 2.45) is 5.92 Å². The molecule has 2 aromatic heterocycles. The number of fused-ring (bicyclic) bond motifs is 1. The van der Waals surface area contributed by atoms with Crippen LogP contribution < -0.4 is 15.5 Å². The molecule has 38 heavy (non-hydrogen) atoms. The van der Waals surface area contributed by atoms with Crippen molar-refractivity contribution in [3.63, 3.8) is 0 Å². The number of carbonyl (C=O) groups excluding carboxylic acids is 1. The molecule has 1 aliphatic carbocycles. The zero-order valence-electron chi connectivity index (χ0n) is 21.7. The van der Waals surface area contributed by atoms with E-state index in [1.54, 1.807) is 12.4 Å². The second-order valence-electron chi connectivity index (χ2n) is 10.2. The van der Waals surface area contributed by atoms with Gasteiger partial charge in [-0.15, -0.1) is 0 Å². The molecule has 1 saturated carbocycles. The highest BCUT2D eigenvalue weighted by Gasteiger charge is 2.29. The van der Waals surface area contributed by atoms with Gasteiger partial charge in [0, 0.05) is 75.4 Å². The Kier molecular flexibility index (Phi) is 8.61. The Morgan fingerprint density at radius 2 is 1.82 bits per heavy atom. The van der Waals surface area contributed by atoms with Gasteiger partial charge < -0.3 is 25.2 Å². The first kappa shape index (κ1) is 26.6. The molecule has 1 amide bonds. The number of rotatable bonds is 6. The van der Waals surface area contributed by atoms with Crippen molar-refractivity contribution < 1.29 is 9.53 Å². The molecule has 1 atom stereocenters. The average molecular weight is 536 g/mol. The monoisotopic (exact) mass is 535 g/mol. The predicted octanol–water partition coefficient (Wildman–Crippen LogP) is 3.04. The van der Waals surface area contributed by atoms with Crippen LogP contribution in [0.1, 0.15) is 25.7 Å². The van der Waals surface area contributed by atoms with Gasteiger partial charge in [-0.3, -0.25) is 9.78 Å². The van der Waals surface area contributed by atoms with Crippen LogP contribution >= 0.6 is 13.5 Å². The number of hydrogen-bond donors (Lipinski definition) is 2. The molecule has 6 rings (SSSR count). The molecule has 3 fully saturated rings. The van der Waals surface area contributed by atoms with Gasteiger partial charge in [0.2, 0.25) is 5.91 Å². The fourth-order valence-corrected chi connectivity index (χ4v) is 5.66. The lowest BCUT2D eigenvalue weighted by molar-refractivity contribution is -0.135. The Hall–Kier alpha value is -2.95. The maximum Gasteiger partial charge on any atom is 0.225 e. The van der Waals surface area contributed by atoms with Gasteiger partial charge in [-0.2, -0.15) is 13.5 Å². The van der Waals surface area contributed by atoms with E-state index in [9.17, 15) is 4.79 Å². The van der Waals surface area contributed by atoms with E-state index in [-0.39, 0.29) is 25.5 Å². The van der Waals surface area contributed by atoms with Crippen LogP contribution in [0.5, 0.6) is 0 Å². The number of ether oxygens (including phenoxy) is 1. The van der Waals surface area contributed by atoms with Gasteiger partial charge in [0.15, 0.2) is 5.82 Å². The van der Waals surface area contributed by atoms with Crippen LogP contribution in [0.25, 0.3) is 22.3 Å². The van der Waals surface area contributed by atoms with E-state index in [1.807, 2.05) is 6.07 Å². The minimum absolute atomic E-state index is 0. The largest absolute Gasteiger partial charge is 0.374 e. The molecule has 0 bridgehead atoms. The molecule has 9 nitrogen and oxygen atoms in total. The van der Waals surface area contributed by atoms with E-state index in [4.69, 9.17) is 9.72 Å². The van der Waals surface area contributed by atoms with Gasteiger partial charge in [-0.25, -0.2) is 9.97 Å². The Labute approximate surface area is 230 Å². The Morgan fingerprint density at radius 1 is 1.05 bits per heavy atom. The van der Waals surface area contributed by atoms with Gasteiger partial charge in [0.1, 0.15) is 5.52 Å². The summed E-state index contributed by atoms with van der Waals surface area (Å²) in [6, 6.07) is 10.5. The lowest BCUT2D eigenvalue weighted by atomic mass is 10.1. The van der Waals surface area contributed by atoms with E-state index < -0.39 is 0 Å². The van der Waals surface area contributed by atoms with Crippen molar-refractivity contribution in [1.29, 1.82) is 0 Å². The van der Waals surface area contributed by atoms with Gasteiger partial charge in [0.05, 0.1) is 23.9 Å². The maximum absolute atomic E-state index is 12.8. The second-order valence-corrected chi connectivity index (χ2v) is 10.2. The number of carbonyl (C=O) groups is 1. The third-order valence-electron chi connectivity index (χ3n) is 7.78. The predicted molar refractivity (Wildman–Crippen MR) is 155 cm³/mol. The van der Waals surface area contributed by atoms with Crippen LogP contribution in [0, 0.1) is 5.92 Å². The Morgan fingerprint density at radius 3 is 2.55 bits per heavy atom. The molecule has 202 valence electrons. The topological polar surface area (TPSA) is 95.5 Å². The molecule has 2 aliphatic heterocycles.